The van der Waals surface area contributed by atoms with Crippen LogP contribution in [-0.2, 0) is 16.0 Å². The summed E-state index contributed by atoms with van der Waals surface area (Å²) < 4.78 is 0. The molecule has 4 N–H and O–H groups in total. The Morgan fingerprint density at radius 3 is 2.00 bits per heavy atom. The van der Waals surface area contributed by atoms with E-state index in [1.807, 2.05) is 0 Å². The van der Waals surface area contributed by atoms with Gasteiger partial charge in [-0.3, -0.25) is 9.59 Å². The van der Waals surface area contributed by atoms with Crippen molar-refractivity contribution in [1.82, 2.24) is 0 Å². The molecule has 0 radical (unpaired) electrons. The van der Waals surface area contributed by atoms with Crippen LogP contribution < -0.4 is 16.0 Å². The molecule has 2 amide bonds. The number of nitrogens with one attached hydrogen (secondary N) is 2. The van der Waals surface area contributed by atoms with Crippen LogP contribution >= 0.6 is 0 Å². The van der Waals surface area contributed by atoms with Crippen molar-refractivity contribution in [2.24, 2.45) is 5.92 Å². The first-order valence-electron chi connectivity index (χ1n) is 9.98. The van der Waals surface area contributed by atoms with Crippen molar-refractivity contribution in [1.29, 1.82) is 0 Å². The Hall–Kier alpha value is -2.66. The maximum Gasteiger partial charge on any atom is 0.279 e. The molecule has 0 aliphatic carbocycles. The van der Waals surface area contributed by atoms with Gasteiger partial charge in [-0.25, -0.2) is 0 Å². The van der Waals surface area contributed by atoms with Gasteiger partial charge in [-0.15, -0.1) is 0 Å². The molecule has 2 aromatic rings. The molecule has 2 aromatic carbocycles. The first-order valence-corrected chi connectivity index (χ1v) is 9.98. The second-order valence-electron chi connectivity index (χ2n) is 7.51. The van der Waals surface area contributed by atoms with E-state index in [9.17, 15) is 9.59 Å². The fourth-order valence-corrected chi connectivity index (χ4v) is 3.27. The predicted octanol–water partition coefficient (Wildman–Crippen LogP) is 3.50. The predicted molar refractivity (Wildman–Crippen MR) is 114 cm³/mol. The van der Waals surface area contributed by atoms with Gasteiger partial charge in [0.1, 0.15) is 6.04 Å². The standard InChI is InChI=1S/C23H31N3O2/c1-5-6-18-7-9-19(10-8-18)23(16(2)3)24-15-22(28)26-21-13-11-20(12-14-21)25-17(4)27/h7-14,16,23-24H,5-6,15H2,1-4H3,(H,25,27)(H,26,28)/p+1/t23-/m1/s1. The number of aryl methyl sites for hydroxylation is 1. The van der Waals surface area contributed by atoms with Gasteiger partial charge in [-0.05, 0) is 36.2 Å². The average Bonchev–Trinajstić information content (AvgIpc) is 2.64. The normalized spacial score (nSPS) is 11.9. The van der Waals surface area contributed by atoms with E-state index in [2.05, 4.69) is 61.0 Å². The van der Waals surface area contributed by atoms with Crippen molar-refractivity contribution in [2.45, 2.75) is 46.6 Å². The molecule has 0 saturated carbocycles. The highest BCUT2D eigenvalue weighted by atomic mass is 16.2. The van der Waals surface area contributed by atoms with Crippen molar-refractivity contribution >= 4 is 23.2 Å². The largest absolute Gasteiger partial charge is 0.332 e. The van der Waals surface area contributed by atoms with Gasteiger partial charge in [-0.2, -0.15) is 0 Å². The van der Waals surface area contributed by atoms with Crippen LogP contribution in [0.3, 0.4) is 0 Å². The molecule has 5 heteroatoms. The quantitative estimate of drug-likeness (QED) is 0.621. The van der Waals surface area contributed by atoms with Crippen LogP contribution in [0.1, 0.15) is 51.3 Å². The summed E-state index contributed by atoms with van der Waals surface area (Å²) in [7, 11) is 0. The van der Waals surface area contributed by atoms with Gasteiger partial charge in [0, 0.05) is 29.8 Å². The van der Waals surface area contributed by atoms with Crippen LogP contribution in [0.15, 0.2) is 48.5 Å². The van der Waals surface area contributed by atoms with Crippen LogP contribution in [0, 0.1) is 5.92 Å². The van der Waals surface area contributed by atoms with E-state index in [1.54, 1.807) is 24.3 Å². The molecule has 0 unspecified atom stereocenters. The number of quaternary nitrogens is 1. The Labute approximate surface area is 167 Å². The van der Waals surface area contributed by atoms with Crippen molar-refractivity contribution in [2.75, 3.05) is 17.2 Å². The summed E-state index contributed by atoms with van der Waals surface area (Å²) in [6, 6.07) is 16.1. The molecule has 0 bridgehead atoms. The number of nitrogens with two attached hydrogens (primary N) is 1. The number of benzene rings is 2. The highest BCUT2D eigenvalue weighted by Gasteiger charge is 2.20. The number of amides is 2. The lowest BCUT2D eigenvalue weighted by molar-refractivity contribution is -0.692. The molecular formula is C23H32N3O2+. The monoisotopic (exact) mass is 382 g/mol. The summed E-state index contributed by atoms with van der Waals surface area (Å²) in [4.78, 5) is 23.4. The lowest BCUT2D eigenvalue weighted by Crippen LogP contribution is -2.88. The minimum Gasteiger partial charge on any atom is -0.332 e. The maximum atomic E-state index is 12.4. The van der Waals surface area contributed by atoms with Crippen molar-refractivity contribution in [3.05, 3.63) is 59.7 Å². The number of carbonyl (C=O) groups excluding carboxylic acids is 2. The first kappa shape index (κ1) is 21.6. The third-order valence-corrected chi connectivity index (χ3v) is 4.67. The zero-order valence-electron chi connectivity index (χ0n) is 17.3. The molecule has 28 heavy (non-hydrogen) atoms. The third-order valence-electron chi connectivity index (χ3n) is 4.67. The number of hydrogen-bond donors (Lipinski definition) is 3. The molecule has 0 fully saturated rings. The van der Waals surface area contributed by atoms with E-state index < -0.39 is 0 Å². The second-order valence-corrected chi connectivity index (χ2v) is 7.51. The highest BCUT2D eigenvalue weighted by molar-refractivity contribution is 5.92. The van der Waals surface area contributed by atoms with E-state index in [1.165, 1.54) is 18.1 Å². The minimum atomic E-state index is -0.117. The van der Waals surface area contributed by atoms with Gasteiger partial charge < -0.3 is 16.0 Å². The molecule has 1 atom stereocenters. The van der Waals surface area contributed by atoms with Crippen molar-refractivity contribution in [3.63, 3.8) is 0 Å². The highest BCUT2D eigenvalue weighted by Crippen LogP contribution is 2.19. The van der Waals surface area contributed by atoms with Gasteiger partial charge in [0.25, 0.3) is 5.91 Å². The Bertz CT molecular complexity index is 767. The molecule has 5 nitrogen and oxygen atoms in total. The molecule has 0 saturated heterocycles. The molecule has 0 aliphatic heterocycles. The molecule has 0 aliphatic rings. The molecule has 0 heterocycles. The fourth-order valence-electron chi connectivity index (χ4n) is 3.27. The van der Waals surface area contributed by atoms with Gasteiger partial charge in [0.2, 0.25) is 5.91 Å². The average molecular weight is 383 g/mol. The zero-order valence-corrected chi connectivity index (χ0v) is 17.3. The molecule has 2 rings (SSSR count). The third kappa shape index (κ3) is 6.82. The van der Waals surface area contributed by atoms with E-state index in [0.29, 0.717) is 18.2 Å². The van der Waals surface area contributed by atoms with Crippen LogP contribution in [0.2, 0.25) is 0 Å². The Morgan fingerprint density at radius 2 is 1.50 bits per heavy atom. The van der Waals surface area contributed by atoms with Crippen LogP contribution in [-0.4, -0.2) is 18.4 Å². The number of carbonyl (C=O) groups is 2. The molecular weight excluding hydrogens is 350 g/mol. The smallest absolute Gasteiger partial charge is 0.279 e. The number of anilines is 2. The van der Waals surface area contributed by atoms with Gasteiger partial charge >= 0.3 is 0 Å². The second kappa shape index (κ2) is 10.6. The summed E-state index contributed by atoms with van der Waals surface area (Å²) in [5.41, 5.74) is 4.04. The van der Waals surface area contributed by atoms with Crippen LogP contribution in [0.5, 0.6) is 0 Å². The maximum absolute atomic E-state index is 12.4. The first-order chi connectivity index (χ1) is 13.4. The van der Waals surface area contributed by atoms with Gasteiger partial charge in [0.15, 0.2) is 6.54 Å². The lowest BCUT2D eigenvalue weighted by Gasteiger charge is -2.20. The zero-order chi connectivity index (χ0) is 20.5. The minimum absolute atomic E-state index is 0.0412. The lowest BCUT2D eigenvalue weighted by atomic mass is 9.94. The molecule has 0 spiro atoms. The fraction of sp³-hybridized carbons (Fsp3) is 0.391. The van der Waals surface area contributed by atoms with E-state index in [-0.39, 0.29) is 17.9 Å². The molecule has 150 valence electrons. The Kier molecular flexibility index (Phi) is 8.20. The number of rotatable bonds is 9. The summed E-state index contributed by atoms with van der Waals surface area (Å²) in [5.74, 6) is 0.260. The topological polar surface area (TPSA) is 74.8 Å². The van der Waals surface area contributed by atoms with E-state index in [0.717, 1.165) is 18.5 Å². The number of hydrogen-bond acceptors (Lipinski definition) is 2. The Balaban J connectivity index is 1.92. The SMILES string of the molecule is CCCc1ccc([C@H]([NH2+]CC(=O)Nc2ccc(NC(C)=O)cc2)C(C)C)cc1. The van der Waals surface area contributed by atoms with Gasteiger partial charge in [-0.1, -0.05) is 51.5 Å². The summed E-state index contributed by atoms with van der Waals surface area (Å²) in [6.07, 6.45) is 2.24. The summed E-state index contributed by atoms with van der Waals surface area (Å²) in [6.45, 7) is 8.37. The van der Waals surface area contributed by atoms with E-state index >= 15 is 0 Å². The van der Waals surface area contributed by atoms with Gasteiger partial charge in [0.05, 0.1) is 0 Å². The van der Waals surface area contributed by atoms with Crippen molar-refractivity contribution in [3.8, 4) is 0 Å². The van der Waals surface area contributed by atoms with Crippen molar-refractivity contribution < 1.29 is 14.9 Å². The summed E-state index contributed by atoms with van der Waals surface area (Å²) in [5, 5.41) is 7.72. The van der Waals surface area contributed by atoms with Crippen LogP contribution in [0.4, 0.5) is 11.4 Å². The van der Waals surface area contributed by atoms with E-state index in [4.69, 9.17) is 0 Å². The van der Waals surface area contributed by atoms with Crippen LogP contribution in [0.25, 0.3) is 0 Å². The summed E-state index contributed by atoms with van der Waals surface area (Å²) >= 11 is 0. The molecule has 0 aromatic heterocycles. The Morgan fingerprint density at radius 1 is 0.929 bits per heavy atom.